The minimum absolute atomic E-state index is 0.427. The van der Waals surface area contributed by atoms with Gasteiger partial charge in [-0.25, -0.2) is 0 Å². The molecule has 3 heteroatoms. The third-order valence-electron chi connectivity index (χ3n) is 1.38. The summed E-state index contributed by atoms with van der Waals surface area (Å²) in [6.07, 6.45) is 0.427. The number of hydrazone groups is 1. The van der Waals surface area contributed by atoms with Gasteiger partial charge in [0.15, 0.2) is 0 Å². The predicted molar refractivity (Wildman–Crippen MR) is 46.3 cm³/mol. The summed E-state index contributed by atoms with van der Waals surface area (Å²) in [4.78, 5) is 0. The van der Waals surface area contributed by atoms with Gasteiger partial charge >= 0.3 is 0 Å². The molecule has 0 aromatic rings. The number of nitriles is 1. The van der Waals surface area contributed by atoms with Crippen LogP contribution in [0.4, 0.5) is 0 Å². The van der Waals surface area contributed by atoms with E-state index in [2.05, 4.69) is 11.2 Å². The summed E-state index contributed by atoms with van der Waals surface area (Å²) in [6, 6.07) is 2.06. The first-order valence-corrected chi connectivity index (χ1v) is 3.90. The largest absolute Gasteiger partial charge is 0.298 e. The van der Waals surface area contributed by atoms with Crippen molar-refractivity contribution in [3.05, 3.63) is 0 Å². The number of nitrogens with zero attached hydrogens (tertiary/aromatic N) is 3. The lowest BCUT2D eigenvalue weighted by Crippen LogP contribution is -2.17. The maximum absolute atomic E-state index is 8.35. The highest BCUT2D eigenvalue weighted by Crippen LogP contribution is 1.91. The monoisotopic (exact) mass is 153 g/mol. The molecule has 11 heavy (non-hydrogen) atoms. The number of rotatable bonds is 4. The zero-order valence-electron chi connectivity index (χ0n) is 7.46. The summed E-state index contributed by atoms with van der Waals surface area (Å²) in [5.41, 5.74) is 0.885. The zero-order chi connectivity index (χ0) is 8.69. The molecule has 0 spiro atoms. The molecule has 0 unspecified atom stereocenters. The SMILES string of the molecule is CCN(CC)/N=C(/C)CC#N. The molecular formula is C8H15N3. The average molecular weight is 153 g/mol. The molecule has 0 aromatic carbocycles. The van der Waals surface area contributed by atoms with Gasteiger partial charge in [-0.2, -0.15) is 10.4 Å². The Labute approximate surface area is 68.3 Å². The van der Waals surface area contributed by atoms with Crippen molar-refractivity contribution in [3.8, 4) is 6.07 Å². The summed E-state index contributed by atoms with van der Waals surface area (Å²) < 4.78 is 0. The molecule has 0 saturated heterocycles. The molecule has 0 N–H and O–H groups in total. The number of hydrogen-bond donors (Lipinski definition) is 0. The van der Waals surface area contributed by atoms with Crippen molar-refractivity contribution in [2.75, 3.05) is 13.1 Å². The minimum atomic E-state index is 0.427. The van der Waals surface area contributed by atoms with Crippen molar-refractivity contribution in [3.63, 3.8) is 0 Å². The molecule has 3 nitrogen and oxygen atoms in total. The first-order valence-electron chi connectivity index (χ1n) is 3.90. The zero-order valence-corrected chi connectivity index (χ0v) is 7.46. The van der Waals surface area contributed by atoms with Crippen LogP contribution in [0.3, 0.4) is 0 Å². The highest BCUT2D eigenvalue weighted by Gasteiger charge is 1.94. The van der Waals surface area contributed by atoms with Gasteiger partial charge in [0, 0.05) is 18.8 Å². The molecule has 0 aliphatic rings. The summed E-state index contributed by atoms with van der Waals surface area (Å²) in [7, 11) is 0. The van der Waals surface area contributed by atoms with Crippen LogP contribution >= 0.6 is 0 Å². The van der Waals surface area contributed by atoms with Crippen molar-refractivity contribution in [2.45, 2.75) is 27.2 Å². The standard InChI is InChI=1S/C8H15N3/c1-4-11(5-2)10-8(3)6-7-9/h4-6H2,1-3H3/b10-8-. The molecule has 62 valence electrons. The average Bonchev–Trinajstić information content (AvgIpc) is 2.01. The van der Waals surface area contributed by atoms with Gasteiger partial charge in [-0.1, -0.05) is 0 Å². The van der Waals surface area contributed by atoms with Gasteiger partial charge in [-0.15, -0.1) is 0 Å². The van der Waals surface area contributed by atoms with Gasteiger partial charge < -0.3 is 0 Å². The van der Waals surface area contributed by atoms with Crippen molar-refractivity contribution in [1.82, 2.24) is 5.01 Å². The van der Waals surface area contributed by atoms with E-state index in [9.17, 15) is 0 Å². The van der Waals surface area contributed by atoms with Crippen molar-refractivity contribution < 1.29 is 0 Å². The van der Waals surface area contributed by atoms with E-state index >= 15 is 0 Å². The molecule has 0 aliphatic heterocycles. The first kappa shape index (κ1) is 9.96. The summed E-state index contributed by atoms with van der Waals surface area (Å²) in [6.45, 7) is 7.78. The van der Waals surface area contributed by atoms with Crippen LogP contribution in [0, 0.1) is 11.3 Å². The van der Waals surface area contributed by atoms with E-state index in [-0.39, 0.29) is 0 Å². The topological polar surface area (TPSA) is 39.4 Å². The van der Waals surface area contributed by atoms with E-state index in [1.54, 1.807) is 0 Å². The smallest absolute Gasteiger partial charge is 0.0750 e. The third-order valence-corrected chi connectivity index (χ3v) is 1.38. The second-order valence-electron chi connectivity index (χ2n) is 2.31. The fraction of sp³-hybridized carbons (Fsp3) is 0.750. The molecule has 0 amide bonds. The maximum atomic E-state index is 8.35. The van der Waals surface area contributed by atoms with Gasteiger partial charge in [-0.3, -0.25) is 5.01 Å². The highest BCUT2D eigenvalue weighted by atomic mass is 15.4. The lowest BCUT2D eigenvalue weighted by atomic mass is 10.3. The molecule has 0 radical (unpaired) electrons. The minimum Gasteiger partial charge on any atom is -0.298 e. The number of hydrogen-bond acceptors (Lipinski definition) is 3. The lowest BCUT2D eigenvalue weighted by Gasteiger charge is -2.14. The van der Waals surface area contributed by atoms with Crippen LogP contribution in [0.2, 0.25) is 0 Å². The Morgan fingerprint density at radius 1 is 1.45 bits per heavy atom. The highest BCUT2D eigenvalue weighted by molar-refractivity contribution is 5.83. The molecule has 0 aliphatic carbocycles. The molecule has 0 saturated carbocycles. The fourth-order valence-corrected chi connectivity index (χ4v) is 0.756. The Morgan fingerprint density at radius 2 is 2.00 bits per heavy atom. The Kier molecular flexibility index (Phi) is 5.18. The fourth-order valence-electron chi connectivity index (χ4n) is 0.756. The normalized spacial score (nSPS) is 10.9. The first-order chi connectivity index (χ1) is 5.24. The van der Waals surface area contributed by atoms with E-state index in [1.165, 1.54) is 0 Å². The van der Waals surface area contributed by atoms with Crippen LogP contribution in [0.1, 0.15) is 27.2 Å². The van der Waals surface area contributed by atoms with Crippen LogP contribution in [-0.2, 0) is 0 Å². The van der Waals surface area contributed by atoms with Crippen molar-refractivity contribution in [2.24, 2.45) is 5.10 Å². The molecule has 0 bridgehead atoms. The van der Waals surface area contributed by atoms with E-state index in [0.717, 1.165) is 18.8 Å². The van der Waals surface area contributed by atoms with Gasteiger partial charge in [0.2, 0.25) is 0 Å². The van der Waals surface area contributed by atoms with Gasteiger partial charge in [0.1, 0.15) is 0 Å². The maximum Gasteiger partial charge on any atom is 0.0750 e. The molecule has 0 aromatic heterocycles. The Balaban J connectivity index is 3.94. The van der Waals surface area contributed by atoms with E-state index in [4.69, 9.17) is 5.26 Å². The Morgan fingerprint density at radius 3 is 2.36 bits per heavy atom. The summed E-state index contributed by atoms with van der Waals surface area (Å²) >= 11 is 0. The predicted octanol–water partition coefficient (Wildman–Crippen LogP) is 1.62. The van der Waals surface area contributed by atoms with E-state index in [1.807, 2.05) is 25.8 Å². The quantitative estimate of drug-likeness (QED) is 0.454. The lowest BCUT2D eigenvalue weighted by molar-refractivity contribution is 0.321. The van der Waals surface area contributed by atoms with Crippen LogP contribution < -0.4 is 0 Å². The van der Waals surface area contributed by atoms with Gasteiger partial charge in [0.25, 0.3) is 0 Å². The molecular weight excluding hydrogens is 138 g/mol. The second kappa shape index (κ2) is 5.72. The Bertz CT molecular complexity index is 163. The molecule has 0 fully saturated rings. The third kappa shape index (κ3) is 4.38. The van der Waals surface area contributed by atoms with Crippen LogP contribution in [0.25, 0.3) is 0 Å². The second-order valence-corrected chi connectivity index (χ2v) is 2.31. The van der Waals surface area contributed by atoms with Crippen LogP contribution in [0.5, 0.6) is 0 Å². The molecule has 0 heterocycles. The van der Waals surface area contributed by atoms with Gasteiger partial charge in [0.05, 0.1) is 12.5 Å². The summed E-state index contributed by atoms with van der Waals surface area (Å²) in [5.74, 6) is 0. The van der Waals surface area contributed by atoms with Crippen molar-refractivity contribution >= 4 is 5.71 Å². The Hall–Kier alpha value is -1.04. The summed E-state index contributed by atoms with van der Waals surface area (Å²) in [5, 5.41) is 14.5. The van der Waals surface area contributed by atoms with Crippen molar-refractivity contribution in [1.29, 1.82) is 5.26 Å². The van der Waals surface area contributed by atoms with Crippen LogP contribution in [0.15, 0.2) is 5.10 Å². The van der Waals surface area contributed by atoms with Crippen LogP contribution in [-0.4, -0.2) is 23.8 Å². The van der Waals surface area contributed by atoms with E-state index < -0.39 is 0 Å². The molecule has 0 rings (SSSR count). The van der Waals surface area contributed by atoms with Gasteiger partial charge in [-0.05, 0) is 20.8 Å². The van der Waals surface area contributed by atoms with E-state index in [0.29, 0.717) is 6.42 Å². The molecule has 0 atom stereocenters.